The van der Waals surface area contributed by atoms with E-state index in [4.69, 9.17) is 5.73 Å². The van der Waals surface area contributed by atoms with Gasteiger partial charge in [-0.25, -0.2) is 0 Å². The summed E-state index contributed by atoms with van der Waals surface area (Å²) >= 11 is 2.23. The third-order valence-electron chi connectivity index (χ3n) is 5.49. The van der Waals surface area contributed by atoms with Crippen LogP contribution in [-0.2, 0) is 0 Å². The van der Waals surface area contributed by atoms with Crippen molar-refractivity contribution in [1.82, 2.24) is 4.90 Å². The number of nitrogens with zero attached hydrogens (tertiary/aromatic N) is 4. The molecule has 0 saturated carbocycles. The van der Waals surface area contributed by atoms with Crippen molar-refractivity contribution in [3.8, 4) is 18.2 Å². The summed E-state index contributed by atoms with van der Waals surface area (Å²) in [5.41, 5.74) is 6.96. The van der Waals surface area contributed by atoms with Crippen molar-refractivity contribution in [1.29, 1.82) is 15.8 Å². The maximum Gasteiger partial charge on any atom is 0.191 e. The summed E-state index contributed by atoms with van der Waals surface area (Å²) < 4.78 is 1.04. The van der Waals surface area contributed by atoms with Crippen molar-refractivity contribution in [2.24, 2.45) is 17.1 Å². The standard InChI is InChI=1S/C21H20IN5/c1-2-7-27-8-6-16-17(10-23)20(26)21(12-24,13-25)19(18(16)11-27)14-4-3-5-15(22)9-14/h3-6,9,18-19H,2,7-8,11,26H2,1H3. The Morgan fingerprint density at radius 3 is 2.63 bits per heavy atom. The average molecular weight is 469 g/mol. The fourth-order valence-corrected chi connectivity index (χ4v) is 4.88. The fourth-order valence-electron chi connectivity index (χ4n) is 4.31. The number of nitrogens with two attached hydrogens (primary N) is 1. The van der Waals surface area contributed by atoms with Gasteiger partial charge in [-0.15, -0.1) is 0 Å². The van der Waals surface area contributed by atoms with Crippen molar-refractivity contribution in [2.75, 3.05) is 19.6 Å². The first-order chi connectivity index (χ1) is 13.0. The molecule has 2 N–H and O–H groups in total. The average Bonchev–Trinajstić information content (AvgIpc) is 2.67. The van der Waals surface area contributed by atoms with Crippen LogP contribution in [0.3, 0.4) is 0 Å². The molecule has 0 spiro atoms. The Balaban J connectivity index is 2.27. The summed E-state index contributed by atoms with van der Waals surface area (Å²) in [6.45, 7) is 4.53. The molecule has 0 bridgehead atoms. The summed E-state index contributed by atoms with van der Waals surface area (Å²) in [5, 5.41) is 29.8. The topological polar surface area (TPSA) is 101 Å². The van der Waals surface area contributed by atoms with E-state index in [1.54, 1.807) is 0 Å². The van der Waals surface area contributed by atoms with Gasteiger partial charge in [0.1, 0.15) is 6.07 Å². The molecule has 0 aromatic heterocycles. The van der Waals surface area contributed by atoms with Gasteiger partial charge in [0.15, 0.2) is 5.41 Å². The van der Waals surface area contributed by atoms with Gasteiger partial charge in [0, 0.05) is 28.5 Å². The predicted molar refractivity (Wildman–Crippen MR) is 111 cm³/mol. The van der Waals surface area contributed by atoms with E-state index in [2.05, 4.69) is 58.7 Å². The zero-order valence-corrected chi connectivity index (χ0v) is 17.3. The van der Waals surface area contributed by atoms with Crippen LogP contribution < -0.4 is 5.73 Å². The Labute approximate surface area is 173 Å². The molecule has 5 nitrogen and oxygen atoms in total. The predicted octanol–water partition coefficient (Wildman–Crippen LogP) is 3.43. The van der Waals surface area contributed by atoms with Crippen molar-refractivity contribution >= 4 is 22.6 Å². The highest BCUT2D eigenvalue weighted by Gasteiger charge is 2.54. The minimum absolute atomic E-state index is 0.0882. The number of nitriles is 3. The summed E-state index contributed by atoms with van der Waals surface area (Å²) in [6.07, 6.45) is 3.07. The second-order valence-corrected chi connectivity index (χ2v) is 8.24. The molecule has 0 amide bonds. The zero-order valence-electron chi connectivity index (χ0n) is 15.1. The summed E-state index contributed by atoms with van der Waals surface area (Å²) in [6, 6.07) is 14.4. The Bertz CT molecular complexity index is 927. The number of allylic oxidation sites excluding steroid dienone is 2. The van der Waals surface area contributed by atoms with E-state index in [0.717, 1.165) is 34.2 Å². The van der Waals surface area contributed by atoms with Crippen LogP contribution in [0.4, 0.5) is 0 Å². The van der Waals surface area contributed by atoms with Crippen molar-refractivity contribution in [2.45, 2.75) is 19.3 Å². The molecule has 1 aliphatic carbocycles. The van der Waals surface area contributed by atoms with E-state index in [1.807, 2.05) is 24.3 Å². The summed E-state index contributed by atoms with van der Waals surface area (Å²) in [7, 11) is 0. The maximum atomic E-state index is 10.1. The minimum atomic E-state index is -1.55. The second kappa shape index (κ2) is 7.72. The highest BCUT2D eigenvalue weighted by molar-refractivity contribution is 14.1. The molecule has 1 aromatic rings. The maximum absolute atomic E-state index is 10.1. The van der Waals surface area contributed by atoms with Gasteiger partial charge in [0.25, 0.3) is 0 Å². The normalized spacial score (nSPS) is 24.2. The summed E-state index contributed by atoms with van der Waals surface area (Å²) in [5.74, 6) is -0.532. The van der Waals surface area contributed by atoms with Crippen LogP contribution >= 0.6 is 22.6 Å². The molecular weight excluding hydrogens is 449 g/mol. The van der Waals surface area contributed by atoms with Gasteiger partial charge >= 0.3 is 0 Å². The molecular formula is C21H20IN5. The molecule has 1 heterocycles. The zero-order chi connectivity index (χ0) is 19.6. The molecule has 1 aliphatic heterocycles. The first kappa shape index (κ1) is 19.4. The Hall–Kier alpha value is -2.34. The number of hydrogen-bond acceptors (Lipinski definition) is 5. The molecule has 0 radical (unpaired) electrons. The molecule has 2 atom stereocenters. The van der Waals surface area contributed by atoms with E-state index in [9.17, 15) is 15.8 Å². The largest absolute Gasteiger partial charge is 0.399 e. The number of benzene rings is 1. The molecule has 136 valence electrons. The van der Waals surface area contributed by atoms with Crippen LogP contribution in [0.2, 0.25) is 0 Å². The lowest BCUT2D eigenvalue weighted by Crippen LogP contribution is -2.48. The van der Waals surface area contributed by atoms with Crippen LogP contribution in [0.15, 0.2) is 47.2 Å². The molecule has 0 saturated heterocycles. The molecule has 3 rings (SSSR count). The smallest absolute Gasteiger partial charge is 0.191 e. The Kier molecular flexibility index (Phi) is 5.56. The highest BCUT2D eigenvalue weighted by atomic mass is 127. The molecule has 2 unspecified atom stereocenters. The third kappa shape index (κ3) is 3.12. The van der Waals surface area contributed by atoms with E-state index in [-0.39, 0.29) is 11.6 Å². The third-order valence-corrected chi connectivity index (χ3v) is 6.16. The second-order valence-electron chi connectivity index (χ2n) is 6.99. The number of fused-ring (bicyclic) bond motifs is 1. The van der Waals surface area contributed by atoms with Gasteiger partial charge < -0.3 is 5.73 Å². The van der Waals surface area contributed by atoms with Crippen molar-refractivity contribution < 1.29 is 0 Å². The van der Waals surface area contributed by atoms with E-state index < -0.39 is 11.3 Å². The molecule has 2 aliphatic rings. The Morgan fingerprint density at radius 2 is 2.04 bits per heavy atom. The van der Waals surface area contributed by atoms with Crippen LogP contribution in [0.25, 0.3) is 0 Å². The van der Waals surface area contributed by atoms with Gasteiger partial charge in [-0.05, 0) is 58.8 Å². The number of halogens is 1. The van der Waals surface area contributed by atoms with Crippen LogP contribution in [0.1, 0.15) is 24.8 Å². The minimum Gasteiger partial charge on any atom is -0.399 e. The van der Waals surface area contributed by atoms with Gasteiger partial charge in [-0.1, -0.05) is 25.1 Å². The lowest BCUT2D eigenvalue weighted by atomic mass is 9.58. The highest BCUT2D eigenvalue weighted by Crippen LogP contribution is 2.54. The van der Waals surface area contributed by atoms with Crippen molar-refractivity contribution in [3.63, 3.8) is 0 Å². The first-order valence-corrected chi connectivity index (χ1v) is 10.0. The van der Waals surface area contributed by atoms with Gasteiger partial charge in [-0.2, -0.15) is 15.8 Å². The molecule has 1 aromatic carbocycles. The van der Waals surface area contributed by atoms with Crippen molar-refractivity contribution in [3.05, 3.63) is 56.3 Å². The Morgan fingerprint density at radius 1 is 1.30 bits per heavy atom. The SMILES string of the molecule is CCCN1CC=C2C(C#N)=C(N)C(C#N)(C#N)C(c3cccc(I)c3)C2C1. The molecule has 27 heavy (non-hydrogen) atoms. The van der Waals surface area contributed by atoms with Crippen LogP contribution in [0, 0.1) is 48.9 Å². The van der Waals surface area contributed by atoms with Crippen LogP contribution in [-0.4, -0.2) is 24.5 Å². The fraction of sp³-hybridized carbons (Fsp3) is 0.381. The van der Waals surface area contributed by atoms with Gasteiger partial charge in [0.05, 0.1) is 23.4 Å². The quantitative estimate of drug-likeness (QED) is 0.684. The summed E-state index contributed by atoms with van der Waals surface area (Å²) in [4.78, 5) is 2.31. The molecule has 6 heteroatoms. The van der Waals surface area contributed by atoms with Gasteiger partial charge in [0.2, 0.25) is 0 Å². The number of rotatable bonds is 3. The van der Waals surface area contributed by atoms with E-state index in [0.29, 0.717) is 12.1 Å². The monoisotopic (exact) mass is 469 g/mol. The van der Waals surface area contributed by atoms with E-state index >= 15 is 0 Å². The molecule has 0 fully saturated rings. The van der Waals surface area contributed by atoms with E-state index in [1.165, 1.54) is 0 Å². The van der Waals surface area contributed by atoms with Gasteiger partial charge in [-0.3, -0.25) is 4.90 Å². The lowest BCUT2D eigenvalue weighted by Gasteiger charge is -2.45. The first-order valence-electron chi connectivity index (χ1n) is 8.93. The lowest BCUT2D eigenvalue weighted by molar-refractivity contribution is 0.207. The number of hydrogen-bond donors (Lipinski definition) is 1. The van der Waals surface area contributed by atoms with Crippen LogP contribution in [0.5, 0.6) is 0 Å².